The summed E-state index contributed by atoms with van der Waals surface area (Å²) < 4.78 is 37.0. The summed E-state index contributed by atoms with van der Waals surface area (Å²) in [5.74, 6) is 0. The zero-order chi connectivity index (χ0) is 10.9. The molecule has 6 heteroatoms. The lowest BCUT2D eigenvalue weighted by molar-refractivity contribution is -0.138. The lowest BCUT2D eigenvalue weighted by Gasteiger charge is -2.12. The van der Waals surface area contributed by atoms with Crippen LogP contribution in [0, 0.1) is 11.3 Å². The second-order valence-electron chi connectivity index (χ2n) is 2.50. The van der Waals surface area contributed by atoms with E-state index >= 15 is 0 Å². The highest BCUT2D eigenvalue weighted by Crippen LogP contribution is 2.39. The minimum absolute atomic E-state index is 0.0451. The molecule has 2 nitrogen and oxygen atoms in total. The van der Waals surface area contributed by atoms with Crippen molar-refractivity contribution in [3.8, 4) is 6.07 Å². The lowest BCUT2D eigenvalue weighted by atomic mass is 10.1. The zero-order valence-corrected chi connectivity index (χ0v) is 8.28. The van der Waals surface area contributed by atoms with Crippen LogP contribution in [0.4, 0.5) is 18.9 Å². The molecule has 1 aromatic carbocycles. The molecule has 0 radical (unpaired) electrons. The third kappa shape index (κ3) is 1.82. The molecule has 0 aliphatic carbocycles. The van der Waals surface area contributed by atoms with E-state index in [2.05, 4.69) is 15.9 Å². The van der Waals surface area contributed by atoms with E-state index < -0.39 is 17.3 Å². The van der Waals surface area contributed by atoms with Gasteiger partial charge in [0.05, 0.1) is 21.7 Å². The van der Waals surface area contributed by atoms with Crippen LogP contribution in [0.15, 0.2) is 16.6 Å². The average Bonchev–Trinajstić information content (AvgIpc) is 2.07. The van der Waals surface area contributed by atoms with Gasteiger partial charge in [-0.25, -0.2) is 0 Å². The highest BCUT2D eigenvalue weighted by Gasteiger charge is 2.36. The van der Waals surface area contributed by atoms with E-state index in [1.807, 2.05) is 0 Å². The molecule has 0 aliphatic heterocycles. The van der Waals surface area contributed by atoms with Gasteiger partial charge >= 0.3 is 6.18 Å². The SMILES string of the molecule is N#Cc1ccc(N)c(Br)c1C(F)(F)F. The first-order valence-corrected chi connectivity index (χ1v) is 4.22. The van der Waals surface area contributed by atoms with Crippen molar-refractivity contribution < 1.29 is 13.2 Å². The summed E-state index contributed by atoms with van der Waals surface area (Å²) in [6.07, 6.45) is -4.58. The number of halogens is 4. The molecule has 0 amide bonds. The fourth-order valence-corrected chi connectivity index (χ4v) is 1.53. The number of benzene rings is 1. The van der Waals surface area contributed by atoms with Gasteiger partial charge in [0.15, 0.2) is 0 Å². The second-order valence-corrected chi connectivity index (χ2v) is 3.29. The van der Waals surface area contributed by atoms with Crippen LogP contribution in [-0.4, -0.2) is 0 Å². The molecule has 0 bridgehead atoms. The number of nitriles is 1. The maximum atomic E-state index is 12.4. The van der Waals surface area contributed by atoms with Gasteiger partial charge in [-0.1, -0.05) is 0 Å². The van der Waals surface area contributed by atoms with Crippen molar-refractivity contribution in [2.75, 3.05) is 5.73 Å². The second kappa shape index (κ2) is 3.50. The Kier molecular flexibility index (Phi) is 2.71. The van der Waals surface area contributed by atoms with E-state index in [1.54, 1.807) is 0 Å². The molecule has 0 fully saturated rings. The number of hydrogen-bond acceptors (Lipinski definition) is 2. The van der Waals surface area contributed by atoms with Crippen LogP contribution in [0.2, 0.25) is 0 Å². The van der Waals surface area contributed by atoms with Gasteiger partial charge in [-0.15, -0.1) is 0 Å². The molecular formula is C8H4BrF3N2. The number of hydrogen-bond donors (Lipinski definition) is 1. The first-order chi connectivity index (χ1) is 6.38. The Morgan fingerprint density at radius 1 is 1.36 bits per heavy atom. The van der Waals surface area contributed by atoms with Crippen molar-refractivity contribution in [2.45, 2.75) is 6.18 Å². The molecule has 2 N–H and O–H groups in total. The first-order valence-electron chi connectivity index (χ1n) is 3.43. The number of rotatable bonds is 0. The monoisotopic (exact) mass is 264 g/mol. The Bertz CT molecular complexity index is 406. The highest BCUT2D eigenvalue weighted by atomic mass is 79.9. The molecule has 14 heavy (non-hydrogen) atoms. The van der Waals surface area contributed by atoms with Crippen LogP contribution in [0.5, 0.6) is 0 Å². The van der Waals surface area contributed by atoms with Gasteiger partial charge < -0.3 is 5.73 Å². The fraction of sp³-hybridized carbons (Fsp3) is 0.125. The Morgan fingerprint density at radius 3 is 2.36 bits per heavy atom. The molecule has 0 aromatic heterocycles. The Balaban J connectivity index is 3.54. The predicted octanol–water partition coefficient (Wildman–Crippen LogP) is 2.92. The zero-order valence-electron chi connectivity index (χ0n) is 6.69. The van der Waals surface area contributed by atoms with Gasteiger partial charge in [0.1, 0.15) is 0 Å². The van der Waals surface area contributed by atoms with Crippen molar-refractivity contribution in [1.29, 1.82) is 5.26 Å². The third-order valence-corrected chi connectivity index (χ3v) is 2.43. The Morgan fingerprint density at radius 2 is 1.93 bits per heavy atom. The number of nitrogens with zero attached hydrogens (tertiary/aromatic N) is 1. The minimum atomic E-state index is -4.58. The van der Waals surface area contributed by atoms with Crippen LogP contribution < -0.4 is 5.73 Å². The maximum Gasteiger partial charge on any atom is 0.418 e. The van der Waals surface area contributed by atoms with E-state index in [9.17, 15) is 13.2 Å². The smallest absolute Gasteiger partial charge is 0.398 e. The van der Waals surface area contributed by atoms with E-state index in [0.29, 0.717) is 0 Å². The summed E-state index contributed by atoms with van der Waals surface area (Å²) in [7, 11) is 0. The minimum Gasteiger partial charge on any atom is -0.398 e. The van der Waals surface area contributed by atoms with Crippen molar-refractivity contribution in [3.05, 3.63) is 27.7 Å². The summed E-state index contributed by atoms with van der Waals surface area (Å²) >= 11 is 2.71. The molecule has 0 aliphatic rings. The van der Waals surface area contributed by atoms with Gasteiger partial charge in [-0.05, 0) is 28.1 Å². The highest BCUT2D eigenvalue weighted by molar-refractivity contribution is 9.10. The van der Waals surface area contributed by atoms with Gasteiger partial charge in [0.25, 0.3) is 0 Å². The van der Waals surface area contributed by atoms with E-state index in [0.717, 1.165) is 6.07 Å². The molecule has 1 aromatic rings. The van der Waals surface area contributed by atoms with Gasteiger partial charge in [-0.2, -0.15) is 18.4 Å². The normalized spacial score (nSPS) is 11.1. The summed E-state index contributed by atoms with van der Waals surface area (Å²) in [6.45, 7) is 0. The van der Waals surface area contributed by atoms with Crippen molar-refractivity contribution in [1.82, 2.24) is 0 Å². The molecule has 0 heterocycles. The number of nitrogen functional groups attached to an aromatic ring is 1. The molecule has 0 saturated carbocycles. The lowest BCUT2D eigenvalue weighted by Crippen LogP contribution is -2.10. The van der Waals surface area contributed by atoms with Crippen molar-refractivity contribution in [2.24, 2.45) is 0 Å². The number of nitrogens with two attached hydrogens (primary N) is 1. The van der Waals surface area contributed by atoms with Crippen molar-refractivity contribution >= 4 is 21.6 Å². The molecule has 0 spiro atoms. The fourth-order valence-electron chi connectivity index (χ4n) is 0.962. The topological polar surface area (TPSA) is 49.8 Å². The molecule has 0 unspecified atom stereocenters. The molecule has 1 rings (SSSR count). The first kappa shape index (κ1) is 10.9. The summed E-state index contributed by atoms with van der Waals surface area (Å²) in [4.78, 5) is 0. The van der Waals surface area contributed by atoms with Crippen LogP contribution in [0.1, 0.15) is 11.1 Å². The van der Waals surface area contributed by atoms with Crippen molar-refractivity contribution in [3.63, 3.8) is 0 Å². The van der Waals surface area contributed by atoms with E-state index in [1.165, 1.54) is 12.1 Å². The van der Waals surface area contributed by atoms with Gasteiger partial charge in [0.2, 0.25) is 0 Å². The molecule has 0 atom stereocenters. The summed E-state index contributed by atoms with van der Waals surface area (Å²) in [5, 5.41) is 8.49. The molecular weight excluding hydrogens is 261 g/mol. The van der Waals surface area contributed by atoms with Gasteiger partial charge in [-0.3, -0.25) is 0 Å². The van der Waals surface area contributed by atoms with E-state index in [4.69, 9.17) is 11.0 Å². The van der Waals surface area contributed by atoms with Crippen LogP contribution in [0.25, 0.3) is 0 Å². The van der Waals surface area contributed by atoms with Crippen LogP contribution in [0.3, 0.4) is 0 Å². The predicted molar refractivity (Wildman–Crippen MR) is 48.3 cm³/mol. The summed E-state index contributed by atoms with van der Waals surface area (Å²) in [6, 6.07) is 3.76. The third-order valence-electron chi connectivity index (χ3n) is 1.58. The summed E-state index contributed by atoms with van der Waals surface area (Å²) in [5.41, 5.74) is 3.77. The standard InChI is InChI=1S/C8H4BrF3N2/c9-7-5(14)2-1-4(3-13)6(7)8(10,11)12/h1-2H,14H2. The average molecular weight is 265 g/mol. The molecule has 0 saturated heterocycles. The maximum absolute atomic E-state index is 12.4. The molecule has 74 valence electrons. The number of anilines is 1. The Hall–Kier alpha value is -1.22. The van der Waals surface area contributed by atoms with Crippen LogP contribution in [-0.2, 0) is 6.18 Å². The van der Waals surface area contributed by atoms with Gasteiger partial charge in [0, 0.05) is 5.69 Å². The van der Waals surface area contributed by atoms with E-state index in [-0.39, 0.29) is 10.2 Å². The Labute approximate surface area is 86.3 Å². The van der Waals surface area contributed by atoms with Crippen LogP contribution >= 0.6 is 15.9 Å². The number of alkyl halides is 3. The quantitative estimate of drug-likeness (QED) is 0.733. The largest absolute Gasteiger partial charge is 0.418 e.